The van der Waals surface area contributed by atoms with Crippen LogP contribution in [0.5, 0.6) is 0 Å². The van der Waals surface area contributed by atoms with Gasteiger partial charge in [0.05, 0.1) is 5.56 Å². The number of carboxylic acids is 1. The first-order chi connectivity index (χ1) is 12.8. The van der Waals surface area contributed by atoms with Crippen molar-refractivity contribution in [2.24, 2.45) is 0 Å². The van der Waals surface area contributed by atoms with Gasteiger partial charge in [-0.15, -0.1) is 0 Å². The van der Waals surface area contributed by atoms with E-state index in [-0.39, 0.29) is 42.6 Å². The van der Waals surface area contributed by atoms with Gasteiger partial charge in [-0.2, -0.15) is 0 Å². The molecule has 0 unspecified atom stereocenters. The van der Waals surface area contributed by atoms with Gasteiger partial charge in [0.2, 0.25) is 0 Å². The number of amides is 1. The van der Waals surface area contributed by atoms with Crippen LogP contribution in [0.25, 0.3) is 0 Å². The van der Waals surface area contributed by atoms with E-state index in [9.17, 15) is 23.9 Å². The van der Waals surface area contributed by atoms with Crippen molar-refractivity contribution in [2.45, 2.75) is 18.4 Å². The molecule has 0 atom stereocenters. The first kappa shape index (κ1) is 18.7. The molecule has 0 aliphatic carbocycles. The molecular weight excluding hydrogens is 353 g/mol. The number of carbonyl (C=O) groups is 3. The van der Waals surface area contributed by atoms with Gasteiger partial charge in [0.25, 0.3) is 5.91 Å². The van der Waals surface area contributed by atoms with Crippen molar-refractivity contribution in [1.29, 1.82) is 0 Å². The Kier molecular flexibility index (Phi) is 5.05. The third-order valence-electron chi connectivity index (χ3n) is 4.78. The minimum absolute atomic E-state index is 0.0701. The van der Waals surface area contributed by atoms with Gasteiger partial charge in [-0.3, -0.25) is 9.59 Å². The molecule has 2 aromatic carbocycles. The zero-order chi connectivity index (χ0) is 19.6. The van der Waals surface area contributed by atoms with Crippen LogP contribution in [-0.4, -0.2) is 51.5 Å². The normalized spacial score (nSPS) is 16.0. The summed E-state index contributed by atoms with van der Waals surface area (Å²) in [7, 11) is 0. The molecule has 1 saturated heterocycles. The monoisotopic (exact) mass is 371 g/mol. The second kappa shape index (κ2) is 7.28. The number of ketones is 1. The van der Waals surface area contributed by atoms with E-state index in [0.29, 0.717) is 0 Å². The van der Waals surface area contributed by atoms with Gasteiger partial charge >= 0.3 is 5.97 Å². The molecule has 7 heteroatoms. The van der Waals surface area contributed by atoms with Crippen molar-refractivity contribution in [2.75, 3.05) is 13.1 Å². The molecule has 1 fully saturated rings. The number of benzene rings is 2. The standard InChI is InChI=1S/C20H18FNO5/c21-14-7-5-13(6-8-14)17(23)15-3-1-2-4-16(15)18(24)22-11-9-20(27,10-12-22)19(25)26/h1-8,27H,9-12H2,(H,25,26). The molecule has 0 radical (unpaired) electrons. The van der Waals surface area contributed by atoms with E-state index in [0.717, 1.165) is 0 Å². The average Bonchev–Trinajstić information content (AvgIpc) is 2.68. The van der Waals surface area contributed by atoms with Crippen molar-refractivity contribution in [3.63, 3.8) is 0 Å². The molecule has 1 aliphatic rings. The minimum Gasteiger partial charge on any atom is -0.479 e. The lowest BCUT2D eigenvalue weighted by atomic mass is 9.90. The third-order valence-corrected chi connectivity index (χ3v) is 4.78. The topological polar surface area (TPSA) is 94.9 Å². The van der Waals surface area contributed by atoms with Crippen LogP contribution < -0.4 is 0 Å². The zero-order valence-electron chi connectivity index (χ0n) is 14.4. The predicted molar refractivity (Wildman–Crippen MR) is 94.0 cm³/mol. The number of halogens is 1. The van der Waals surface area contributed by atoms with Crippen molar-refractivity contribution in [1.82, 2.24) is 4.90 Å². The summed E-state index contributed by atoms with van der Waals surface area (Å²) in [4.78, 5) is 38.2. The van der Waals surface area contributed by atoms with Crippen LogP contribution in [0.15, 0.2) is 48.5 Å². The Labute approximate surface area is 154 Å². The highest BCUT2D eigenvalue weighted by Gasteiger charge is 2.40. The maximum absolute atomic E-state index is 13.1. The van der Waals surface area contributed by atoms with Gasteiger partial charge in [-0.25, -0.2) is 9.18 Å². The molecule has 3 rings (SSSR count). The van der Waals surface area contributed by atoms with Crippen molar-refractivity contribution >= 4 is 17.7 Å². The number of carbonyl (C=O) groups excluding carboxylic acids is 2. The summed E-state index contributed by atoms with van der Waals surface area (Å²) in [5, 5.41) is 19.1. The van der Waals surface area contributed by atoms with E-state index in [4.69, 9.17) is 5.11 Å². The lowest BCUT2D eigenvalue weighted by Gasteiger charge is -2.35. The van der Waals surface area contributed by atoms with Crippen LogP contribution in [0.1, 0.15) is 39.1 Å². The van der Waals surface area contributed by atoms with Crippen molar-refractivity contribution in [3.8, 4) is 0 Å². The van der Waals surface area contributed by atoms with Crippen LogP contribution in [0.4, 0.5) is 4.39 Å². The fourth-order valence-electron chi connectivity index (χ4n) is 3.09. The van der Waals surface area contributed by atoms with Crippen molar-refractivity contribution in [3.05, 3.63) is 71.0 Å². The van der Waals surface area contributed by atoms with Gasteiger partial charge in [0.15, 0.2) is 11.4 Å². The molecule has 1 aliphatic heterocycles. The number of likely N-dealkylation sites (tertiary alicyclic amines) is 1. The quantitative estimate of drug-likeness (QED) is 0.803. The fourth-order valence-corrected chi connectivity index (χ4v) is 3.09. The molecule has 2 aromatic rings. The molecule has 0 aromatic heterocycles. The highest BCUT2D eigenvalue weighted by Crippen LogP contribution is 2.25. The van der Waals surface area contributed by atoms with Gasteiger partial charge < -0.3 is 15.1 Å². The smallest absolute Gasteiger partial charge is 0.335 e. The Hall–Kier alpha value is -3.06. The lowest BCUT2D eigenvalue weighted by molar-refractivity contribution is -0.162. The molecule has 1 amide bonds. The average molecular weight is 371 g/mol. The van der Waals surface area contributed by atoms with Crippen LogP contribution in [0, 0.1) is 5.82 Å². The number of hydrogen-bond donors (Lipinski definition) is 2. The molecule has 0 bridgehead atoms. The second-order valence-corrected chi connectivity index (χ2v) is 6.51. The first-order valence-corrected chi connectivity index (χ1v) is 8.46. The Balaban J connectivity index is 1.84. The summed E-state index contributed by atoms with van der Waals surface area (Å²) < 4.78 is 13.1. The summed E-state index contributed by atoms with van der Waals surface area (Å²) in [5.74, 6) is -2.58. The van der Waals surface area contributed by atoms with Crippen LogP contribution in [-0.2, 0) is 4.79 Å². The number of hydrogen-bond acceptors (Lipinski definition) is 4. The Morgan fingerprint density at radius 1 is 0.926 bits per heavy atom. The summed E-state index contributed by atoms with van der Waals surface area (Å²) in [5.41, 5.74) is -1.20. The number of aliphatic carboxylic acids is 1. The zero-order valence-corrected chi connectivity index (χ0v) is 14.4. The van der Waals surface area contributed by atoms with E-state index >= 15 is 0 Å². The number of carboxylic acid groups (broad SMARTS) is 1. The van der Waals surface area contributed by atoms with E-state index in [2.05, 4.69) is 0 Å². The Morgan fingerprint density at radius 3 is 2.04 bits per heavy atom. The summed E-state index contributed by atoms with van der Waals surface area (Å²) in [6.45, 7) is 0.140. The SMILES string of the molecule is O=C(c1ccc(F)cc1)c1ccccc1C(=O)N1CCC(O)(C(=O)O)CC1. The van der Waals surface area contributed by atoms with E-state index in [1.807, 2.05) is 0 Å². The third kappa shape index (κ3) is 3.73. The van der Waals surface area contributed by atoms with E-state index in [1.54, 1.807) is 12.1 Å². The first-order valence-electron chi connectivity index (χ1n) is 8.46. The van der Waals surface area contributed by atoms with Gasteiger partial charge in [-0.1, -0.05) is 18.2 Å². The molecule has 6 nitrogen and oxygen atoms in total. The van der Waals surface area contributed by atoms with E-state index < -0.39 is 29.1 Å². The van der Waals surface area contributed by atoms with Crippen molar-refractivity contribution < 1.29 is 29.0 Å². The number of aliphatic hydroxyl groups is 1. The summed E-state index contributed by atoms with van der Waals surface area (Å²) in [6, 6.07) is 11.4. The molecule has 0 spiro atoms. The van der Waals surface area contributed by atoms with Crippen LogP contribution >= 0.6 is 0 Å². The molecular formula is C20H18FNO5. The van der Waals surface area contributed by atoms with Crippen LogP contribution in [0.3, 0.4) is 0 Å². The largest absolute Gasteiger partial charge is 0.479 e. The van der Waals surface area contributed by atoms with Gasteiger partial charge in [0.1, 0.15) is 5.82 Å². The number of nitrogens with zero attached hydrogens (tertiary/aromatic N) is 1. The van der Waals surface area contributed by atoms with Crippen LogP contribution in [0.2, 0.25) is 0 Å². The maximum atomic E-state index is 13.1. The summed E-state index contributed by atoms with van der Waals surface area (Å²) >= 11 is 0. The highest BCUT2D eigenvalue weighted by atomic mass is 19.1. The molecule has 27 heavy (non-hydrogen) atoms. The number of rotatable bonds is 4. The van der Waals surface area contributed by atoms with Gasteiger partial charge in [-0.05, 0) is 30.3 Å². The minimum atomic E-state index is -1.83. The fraction of sp³-hybridized carbons (Fsp3) is 0.250. The van der Waals surface area contributed by atoms with E-state index in [1.165, 1.54) is 41.3 Å². The Morgan fingerprint density at radius 2 is 1.48 bits per heavy atom. The maximum Gasteiger partial charge on any atom is 0.335 e. The highest BCUT2D eigenvalue weighted by molar-refractivity contribution is 6.15. The number of piperidine rings is 1. The molecule has 140 valence electrons. The predicted octanol–water partition coefficient (Wildman–Crippen LogP) is 2.11. The van der Waals surface area contributed by atoms with Gasteiger partial charge in [0, 0.05) is 37.1 Å². The second-order valence-electron chi connectivity index (χ2n) is 6.51. The molecule has 1 heterocycles. The lowest BCUT2D eigenvalue weighted by Crippen LogP contribution is -2.51. The summed E-state index contributed by atoms with van der Waals surface area (Å²) in [6.07, 6.45) is -0.162. The molecule has 2 N–H and O–H groups in total. The molecule has 0 saturated carbocycles. The Bertz CT molecular complexity index is 886.